The lowest BCUT2D eigenvalue weighted by atomic mass is 9.99. The van der Waals surface area contributed by atoms with Crippen molar-refractivity contribution in [1.82, 2.24) is 20.2 Å². The molecule has 2 aromatic heterocycles. The van der Waals surface area contributed by atoms with Crippen molar-refractivity contribution in [3.05, 3.63) is 60.0 Å². The normalized spacial score (nSPS) is 17.1. The number of hydrogen-bond acceptors (Lipinski definition) is 5. The maximum absolute atomic E-state index is 9.43. The fourth-order valence-electron chi connectivity index (χ4n) is 3.98. The van der Waals surface area contributed by atoms with Crippen LogP contribution in [-0.4, -0.2) is 46.5 Å². The number of guanidine groups is 1. The predicted molar refractivity (Wildman–Crippen MR) is 124 cm³/mol. The Morgan fingerprint density at radius 2 is 2.06 bits per heavy atom. The standard InChI is InChI=1S/C23H24ClN7/c1-16(2)21-14-30(17-8-10-27-22(24)13-17)11-12-31(21)23(28-15-25)29-20-7-3-6-19-18(20)5-4-9-26-19/h3-10,13,16,21H,11-12,14H2,1-2H3,(H,28,29). The number of aliphatic imine (C=N–C) groups is 1. The van der Waals surface area contributed by atoms with Gasteiger partial charge in [0.1, 0.15) is 5.15 Å². The SMILES string of the molecule is CC(C)C1CN(c2ccnc(Cl)c2)CCN1C(=Nc1cccc2ncccc12)NC#N. The highest BCUT2D eigenvalue weighted by Crippen LogP contribution is 2.27. The molecule has 0 bridgehead atoms. The lowest BCUT2D eigenvalue weighted by Crippen LogP contribution is -2.59. The van der Waals surface area contributed by atoms with Crippen LogP contribution in [0.25, 0.3) is 10.9 Å². The third kappa shape index (κ3) is 4.54. The molecule has 0 spiro atoms. The lowest BCUT2D eigenvalue weighted by molar-refractivity contribution is 0.220. The van der Waals surface area contributed by atoms with E-state index in [4.69, 9.17) is 16.6 Å². The number of halogens is 1. The van der Waals surface area contributed by atoms with Crippen LogP contribution >= 0.6 is 11.6 Å². The average molecular weight is 434 g/mol. The van der Waals surface area contributed by atoms with Crippen LogP contribution < -0.4 is 10.2 Å². The largest absolute Gasteiger partial charge is 0.368 e. The van der Waals surface area contributed by atoms with Crippen molar-refractivity contribution in [3.8, 4) is 6.19 Å². The van der Waals surface area contributed by atoms with Crippen LogP contribution in [0.2, 0.25) is 5.15 Å². The summed E-state index contributed by atoms with van der Waals surface area (Å²) in [5.74, 6) is 0.907. The molecule has 1 atom stereocenters. The van der Waals surface area contributed by atoms with Gasteiger partial charge in [0.15, 0.2) is 6.19 Å². The Hall–Kier alpha value is -3.37. The summed E-state index contributed by atoms with van der Waals surface area (Å²) in [6, 6.07) is 13.8. The monoisotopic (exact) mass is 433 g/mol. The number of pyridine rings is 2. The average Bonchev–Trinajstić information content (AvgIpc) is 2.78. The van der Waals surface area contributed by atoms with Gasteiger partial charge in [0.2, 0.25) is 5.96 Å². The zero-order valence-corrected chi connectivity index (χ0v) is 18.3. The van der Waals surface area contributed by atoms with Gasteiger partial charge in [-0.1, -0.05) is 31.5 Å². The second-order valence-corrected chi connectivity index (χ2v) is 8.19. The number of piperazine rings is 1. The molecule has 3 heterocycles. The molecule has 1 aliphatic heterocycles. The Morgan fingerprint density at radius 1 is 1.19 bits per heavy atom. The fourth-order valence-corrected chi connectivity index (χ4v) is 4.15. The number of nitrogens with one attached hydrogen (secondary N) is 1. The number of rotatable bonds is 3. The number of aromatic nitrogens is 2. The van der Waals surface area contributed by atoms with E-state index in [0.29, 0.717) is 17.0 Å². The quantitative estimate of drug-likeness (QED) is 0.219. The molecule has 0 radical (unpaired) electrons. The molecular weight excluding hydrogens is 410 g/mol. The van der Waals surface area contributed by atoms with Gasteiger partial charge in [-0.15, -0.1) is 0 Å². The molecule has 3 aromatic rings. The molecule has 158 valence electrons. The summed E-state index contributed by atoms with van der Waals surface area (Å²) in [7, 11) is 0. The maximum Gasteiger partial charge on any atom is 0.213 e. The van der Waals surface area contributed by atoms with E-state index in [2.05, 4.69) is 45.1 Å². The first-order valence-corrected chi connectivity index (χ1v) is 10.7. The Labute approximate surface area is 187 Å². The number of nitrogens with zero attached hydrogens (tertiary/aromatic N) is 6. The molecule has 1 aromatic carbocycles. The third-order valence-electron chi connectivity index (χ3n) is 5.55. The number of anilines is 1. The predicted octanol–water partition coefficient (Wildman–Crippen LogP) is 4.19. The first-order valence-electron chi connectivity index (χ1n) is 10.3. The molecule has 31 heavy (non-hydrogen) atoms. The van der Waals surface area contributed by atoms with Gasteiger partial charge in [0.25, 0.3) is 0 Å². The summed E-state index contributed by atoms with van der Waals surface area (Å²) in [6.07, 6.45) is 5.56. The summed E-state index contributed by atoms with van der Waals surface area (Å²) in [5, 5.41) is 13.7. The molecule has 8 heteroatoms. The summed E-state index contributed by atoms with van der Waals surface area (Å²) in [6.45, 7) is 6.67. The molecule has 7 nitrogen and oxygen atoms in total. The first-order chi connectivity index (χ1) is 15.1. The second kappa shape index (κ2) is 9.19. The van der Waals surface area contributed by atoms with Gasteiger partial charge in [0.05, 0.1) is 17.2 Å². The summed E-state index contributed by atoms with van der Waals surface area (Å²) in [4.78, 5) is 17.9. The molecule has 0 aliphatic carbocycles. The molecule has 4 rings (SSSR count). The summed E-state index contributed by atoms with van der Waals surface area (Å²) >= 11 is 6.10. The number of hydrogen-bond donors (Lipinski definition) is 1. The van der Waals surface area contributed by atoms with Gasteiger partial charge in [-0.3, -0.25) is 10.3 Å². The van der Waals surface area contributed by atoms with Crippen LogP contribution in [0.1, 0.15) is 13.8 Å². The van der Waals surface area contributed by atoms with Gasteiger partial charge in [-0.05, 0) is 42.3 Å². The van der Waals surface area contributed by atoms with E-state index in [1.165, 1.54) is 0 Å². The van der Waals surface area contributed by atoms with Gasteiger partial charge in [0, 0.05) is 43.1 Å². The summed E-state index contributed by atoms with van der Waals surface area (Å²) < 4.78 is 0. The van der Waals surface area contributed by atoms with Crippen LogP contribution in [0, 0.1) is 17.4 Å². The maximum atomic E-state index is 9.43. The minimum absolute atomic E-state index is 0.161. The van der Waals surface area contributed by atoms with Crippen molar-refractivity contribution < 1.29 is 0 Å². The van der Waals surface area contributed by atoms with Gasteiger partial charge in [-0.2, -0.15) is 5.26 Å². The zero-order chi connectivity index (χ0) is 21.8. The van der Waals surface area contributed by atoms with Crippen molar-refractivity contribution >= 4 is 39.8 Å². The second-order valence-electron chi connectivity index (χ2n) is 7.81. The molecule has 1 N–H and O–H groups in total. The van der Waals surface area contributed by atoms with E-state index in [1.54, 1.807) is 12.4 Å². The van der Waals surface area contributed by atoms with Crippen LogP contribution in [0.4, 0.5) is 11.4 Å². The molecular formula is C23H24ClN7. The van der Waals surface area contributed by atoms with E-state index >= 15 is 0 Å². The minimum atomic E-state index is 0.161. The molecule has 0 saturated carbocycles. The van der Waals surface area contributed by atoms with Gasteiger partial charge >= 0.3 is 0 Å². The highest BCUT2D eigenvalue weighted by Gasteiger charge is 2.32. The smallest absolute Gasteiger partial charge is 0.213 e. The minimum Gasteiger partial charge on any atom is -0.368 e. The Balaban J connectivity index is 1.67. The number of nitriles is 1. The third-order valence-corrected chi connectivity index (χ3v) is 5.76. The molecule has 1 aliphatic rings. The molecule has 0 amide bonds. The number of benzene rings is 1. The van der Waals surface area contributed by atoms with Crippen molar-refractivity contribution in [1.29, 1.82) is 5.26 Å². The van der Waals surface area contributed by atoms with E-state index in [-0.39, 0.29) is 6.04 Å². The molecule has 1 saturated heterocycles. The topological polar surface area (TPSA) is 80.4 Å². The van der Waals surface area contributed by atoms with Crippen LogP contribution in [-0.2, 0) is 0 Å². The van der Waals surface area contributed by atoms with E-state index < -0.39 is 0 Å². The zero-order valence-electron chi connectivity index (χ0n) is 17.5. The van der Waals surface area contributed by atoms with Crippen molar-refractivity contribution in [3.63, 3.8) is 0 Å². The lowest BCUT2D eigenvalue weighted by Gasteiger charge is -2.45. The molecule has 1 unspecified atom stereocenters. The van der Waals surface area contributed by atoms with Crippen molar-refractivity contribution in [2.75, 3.05) is 24.5 Å². The van der Waals surface area contributed by atoms with Crippen molar-refractivity contribution in [2.24, 2.45) is 10.9 Å². The van der Waals surface area contributed by atoms with Crippen molar-refractivity contribution in [2.45, 2.75) is 19.9 Å². The Bertz CT molecular complexity index is 1130. The highest BCUT2D eigenvalue weighted by atomic mass is 35.5. The first kappa shape index (κ1) is 20.9. The fraction of sp³-hybridized carbons (Fsp3) is 0.304. The van der Waals surface area contributed by atoms with Crippen LogP contribution in [0.15, 0.2) is 59.9 Å². The number of fused-ring (bicyclic) bond motifs is 1. The van der Waals surface area contributed by atoms with Crippen LogP contribution in [0.3, 0.4) is 0 Å². The van der Waals surface area contributed by atoms with Gasteiger partial charge < -0.3 is 9.80 Å². The van der Waals surface area contributed by atoms with E-state index in [9.17, 15) is 5.26 Å². The highest BCUT2D eigenvalue weighted by molar-refractivity contribution is 6.29. The summed E-state index contributed by atoms with van der Waals surface area (Å²) in [5.41, 5.74) is 2.71. The van der Waals surface area contributed by atoms with E-state index in [0.717, 1.165) is 41.9 Å². The van der Waals surface area contributed by atoms with Crippen LogP contribution in [0.5, 0.6) is 0 Å². The van der Waals surface area contributed by atoms with Gasteiger partial charge in [-0.25, -0.2) is 9.98 Å². The molecule has 1 fully saturated rings. The Kier molecular flexibility index (Phi) is 6.19. The Morgan fingerprint density at radius 3 is 2.84 bits per heavy atom. The van der Waals surface area contributed by atoms with E-state index in [1.807, 2.05) is 42.5 Å².